The van der Waals surface area contributed by atoms with Crippen LogP contribution in [0.15, 0.2) is 86.2 Å². The lowest BCUT2D eigenvalue weighted by Crippen LogP contribution is -2.41. The molecule has 0 spiro atoms. The molecule has 2 heterocycles. The van der Waals surface area contributed by atoms with Crippen LogP contribution in [0.4, 0.5) is 17.6 Å². The van der Waals surface area contributed by atoms with E-state index in [1.54, 1.807) is 24.3 Å². The number of methoxy groups -OCH3 is 1. The number of halogens is 6. The first kappa shape index (κ1) is 32.5. The minimum Gasteiger partial charge on any atom is -0.493 e. The van der Waals surface area contributed by atoms with E-state index in [9.17, 15) is 27.2 Å². The van der Waals surface area contributed by atoms with Gasteiger partial charge in [-0.25, -0.2) is 14.2 Å². The van der Waals surface area contributed by atoms with Crippen LogP contribution < -0.4 is 24.4 Å². The van der Waals surface area contributed by atoms with E-state index in [1.807, 2.05) is 0 Å². The Morgan fingerprint density at radius 2 is 1.82 bits per heavy atom. The number of fused-ring (bicyclic) bond motifs is 1. The van der Waals surface area contributed by atoms with Gasteiger partial charge in [-0.2, -0.15) is 13.2 Å². The van der Waals surface area contributed by atoms with Crippen LogP contribution in [-0.4, -0.2) is 30.4 Å². The highest BCUT2D eigenvalue weighted by atomic mass is 79.9. The second-order valence-corrected chi connectivity index (χ2v) is 11.9. The predicted molar refractivity (Wildman–Crippen MR) is 164 cm³/mol. The molecule has 1 aliphatic rings. The first-order valence-corrected chi connectivity index (χ1v) is 15.2. The van der Waals surface area contributed by atoms with Crippen molar-refractivity contribution in [3.63, 3.8) is 0 Å². The van der Waals surface area contributed by atoms with E-state index in [0.29, 0.717) is 32.1 Å². The molecule has 45 heavy (non-hydrogen) atoms. The third-order valence-electron chi connectivity index (χ3n) is 6.63. The number of ether oxygens (including phenoxy) is 3. The highest BCUT2D eigenvalue weighted by Gasteiger charge is 2.45. The summed E-state index contributed by atoms with van der Waals surface area (Å²) < 4.78 is 74.2. The Kier molecular flexibility index (Phi) is 9.52. The van der Waals surface area contributed by atoms with E-state index >= 15 is 0 Å². The van der Waals surface area contributed by atoms with Crippen LogP contribution in [0.2, 0.25) is 5.02 Å². The molecule has 0 saturated carbocycles. The van der Waals surface area contributed by atoms with E-state index in [-0.39, 0.29) is 33.9 Å². The van der Waals surface area contributed by atoms with E-state index in [2.05, 4.69) is 20.9 Å². The molecule has 14 heteroatoms. The Labute approximate surface area is 270 Å². The Morgan fingerprint density at radius 3 is 2.44 bits per heavy atom. The molecule has 0 radical (unpaired) electrons. The average Bonchev–Trinajstić information content (AvgIpc) is 3.30. The molecular formula is C31H22BrClF4N2O5S. The third-order valence-corrected chi connectivity index (χ3v) is 8.45. The molecule has 0 bridgehead atoms. The fraction of sp³-hybridized carbons (Fsp3) is 0.194. The van der Waals surface area contributed by atoms with Gasteiger partial charge in [-0.15, -0.1) is 0 Å². The van der Waals surface area contributed by atoms with Gasteiger partial charge in [0.15, 0.2) is 22.0 Å². The van der Waals surface area contributed by atoms with Crippen molar-refractivity contribution in [2.45, 2.75) is 25.7 Å². The van der Waals surface area contributed by atoms with Crippen LogP contribution in [0.1, 0.15) is 29.7 Å². The summed E-state index contributed by atoms with van der Waals surface area (Å²) in [6.07, 6.45) is -3.55. The highest BCUT2D eigenvalue weighted by Crippen LogP contribution is 2.39. The van der Waals surface area contributed by atoms with Gasteiger partial charge in [0.2, 0.25) is 0 Å². The lowest BCUT2D eigenvalue weighted by molar-refractivity contribution is -0.140. The van der Waals surface area contributed by atoms with Gasteiger partial charge in [0.1, 0.15) is 12.4 Å². The molecule has 3 aromatic carbocycles. The van der Waals surface area contributed by atoms with Gasteiger partial charge in [-0.3, -0.25) is 9.36 Å². The van der Waals surface area contributed by atoms with Gasteiger partial charge < -0.3 is 14.2 Å². The molecule has 234 valence electrons. The predicted octanol–water partition coefficient (Wildman–Crippen LogP) is 6.48. The largest absolute Gasteiger partial charge is 0.493 e. The molecule has 0 unspecified atom stereocenters. The van der Waals surface area contributed by atoms with Crippen LogP contribution in [0.25, 0.3) is 6.08 Å². The van der Waals surface area contributed by atoms with Crippen molar-refractivity contribution in [1.29, 1.82) is 0 Å². The summed E-state index contributed by atoms with van der Waals surface area (Å²) in [5, 5.41) is 0.313. The lowest BCUT2D eigenvalue weighted by Gasteiger charge is -2.26. The number of allylic oxidation sites excluding steroid dienone is 1. The molecule has 1 aliphatic heterocycles. The summed E-state index contributed by atoms with van der Waals surface area (Å²) in [6.45, 7) is 1.39. The zero-order valence-corrected chi connectivity index (χ0v) is 26.6. The Bertz CT molecular complexity index is 1970. The van der Waals surface area contributed by atoms with Crippen molar-refractivity contribution in [2.24, 2.45) is 4.99 Å². The van der Waals surface area contributed by atoms with Crippen molar-refractivity contribution in [3.05, 3.63) is 124 Å². The number of hydrogen-bond acceptors (Lipinski definition) is 7. The van der Waals surface area contributed by atoms with Crippen molar-refractivity contribution < 1.29 is 36.6 Å². The normalized spacial score (nSPS) is 15.0. The number of alkyl halides is 3. The SMILES string of the molecule is CCOC(=O)C1=C(C(F)(F)F)N=c2s/c(=C\c3cc(Br)c(OCc4ccc(F)cc4)c(OC)c3)c(=O)n2[C@H]1c1ccc(Cl)cc1. The smallest absolute Gasteiger partial charge is 0.434 e. The van der Waals surface area contributed by atoms with E-state index in [4.69, 9.17) is 25.8 Å². The minimum atomic E-state index is -5.02. The topological polar surface area (TPSA) is 79.1 Å². The van der Waals surface area contributed by atoms with E-state index in [1.165, 1.54) is 56.5 Å². The van der Waals surface area contributed by atoms with Gasteiger partial charge in [0, 0.05) is 5.02 Å². The quantitative estimate of drug-likeness (QED) is 0.154. The fourth-order valence-corrected chi connectivity index (χ4v) is 6.35. The maximum Gasteiger partial charge on any atom is 0.434 e. The molecule has 0 fully saturated rings. The van der Waals surface area contributed by atoms with Gasteiger partial charge in [-0.1, -0.05) is 47.2 Å². The molecule has 0 saturated heterocycles. The van der Waals surface area contributed by atoms with Gasteiger partial charge >= 0.3 is 12.1 Å². The molecule has 1 aromatic heterocycles. The molecule has 0 amide bonds. The fourth-order valence-electron chi connectivity index (χ4n) is 4.65. The Hall–Kier alpha value is -3.94. The van der Waals surface area contributed by atoms with Crippen LogP contribution in [-0.2, 0) is 16.1 Å². The molecule has 7 nitrogen and oxygen atoms in total. The number of thiazole rings is 1. The van der Waals surface area contributed by atoms with Crippen LogP contribution in [0.5, 0.6) is 11.5 Å². The molecule has 4 aromatic rings. The monoisotopic (exact) mass is 724 g/mol. The number of benzene rings is 3. The summed E-state index contributed by atoms with van der Waals surface area (Å²) in [6, 6.07) is 13.3. The summed E-state index contributed by atoms with van der Waals surface area (Å²) in [5.41, 5.74) is -1.54. The first-order chi connectivity index (χ1) is 21.4. The van der Waals surface area contributed by atoms with E-state index < -0.39 is 35.0 Å². The number of hydrogen-bond donors (Lipinski definition) is 0. The molecule has 5 rings (SSSR count). The standard InChI is InChI=1S/C31H22BrClF4N2O5S/c1-3-43-29(41)24-25(18-6-8-19(33)9-7-18)39-28(40)23(45-30(39)38-27(24)31(35,36)37)14-17-12-21(32)26(22(13-17)42-2)44-15-16-4-10-20(34)11-5-16/h4-14,25H,3,15H2,1-2H3/b23-14-/t25-/m0/s1. The van der Waals surface area contributed by atoms with Crippen molar-refractivity contribution >= 4 is 50.9 Å². The van der Waals surface area contributed by atoms with Gasteiger partial charge in [0.25, 0.3) is 5.56 Å². The summed E-state index contributed by atoms with van der Waals surface area (Å²) >= 11 is 10.2. The van der Waals surface area contributed by atoms with Crippen molar-refractivity contribution in [2.75, 3.05) is 13.7 Å². The zero-order chi connectivity index (χ0) is 32.5. The average molecular weight is 726 g/mol. The number of carbonyl (C=O) groups excluding carboxylic acids is 1. The second-order valence-electron chi connectivity index (χ2n) is 9.56. The number of nitrogens with zero attached hydrogens (tertiary/aromatic N) is 2. The molecular weight excluding hydrogens is 704 g/mol. The Balaban J connectivity index is 1.63. The summed E-state index contributed by atoms with van der Waals surface area (Å²) in [5.74, 6) is -0.975. The summed E-state index contributed by atoms with van der Waals surface area (Å²) in [7, 11) is 1.42. The second kappa shape index (κ2) is 13.2. The number of aromatic nitrogens is 1. The number of rotatable bonds is 8. The first-order valence-electron chi connectivity index (χ1n) is 13.2. The summed E-state index contributed by atoms with van der Waals surface area (Å²) in [4.78, 5) is 30.3. The molecule has 1 atom stereocenters. The lowest BCUT2D eigenvalue weighted by atomic mass is 9.95. The van der Waals surface area contributed by atoms with E-state index in [0.717, 1.165) is 15.9 Å². The number of esters is 1. The zero-order valence-electron chi connectivity index (χ0n) is 23.5. The van der Waals surface area contributed by atoms with Gasteiger partial charge in [0.05, 0.1) is 34.3 Å². The van der Waals surface area contributed by atoms with Crippen LogP contribution in [0.3, 0.4) is 0 Å². The van der Waals surface area contributed by atoms with Gasteiger partial charge in [-0.05, 0) is 82.0 Å². The van der Waals surface area contributed by atoms with Crippen LogP contribution in [0, 0.1) is 5.82 Å². The molecule has 0 aliphatic carbocycles. The minimum absolute atomic E-state index is 0.0493. The third kappa shape index (κ3) is 6.85. The maximum absolute atomic E-state index is 14.3. The van der Waals surface area contributed by atoms with Crippen LogP contribution >= 0.6 is 38.9 Å². The molecule has 0 N–H and O–H groups in total. The number of carbonyl (C=O) groups is 1. The van der Waals surface area contributed by atoms with Crippen molar-refractivity contribution in [3.8, 4) is 11.5 Å². The maximum atomic E-state index is 14.3. The highest BCUT2D eigenvalue weighted by molar-refractivity contribution is 9.10. The Morgan fingerprint density at radius 1 is 1.13 bits per heavy atom. The van der Waals surface area contributed by atoms with Crippen molar-refractivity contribution in [1.82, 2.24) is 4.57 Å².